The summed E-state index contributed by atoms with van der Waals surface area (Å²) in [5.74, 6) is 0. The van der Waals surface area contributed by atoms with Crippen molar-refractivity contribution in [2.75, 3.05) is 0 Å². The Labute approximate surface area is 65.9 Å². The minimum atomic E-state index is 0. The van der Waals surface area contributed by atoms with Gasteiger partial charge in [-0.2, -0.15) is 0 Å². The van der Waals surface area contributed by atoms with Gasteiger partial charge in [-0.05, 0) is 13.1 Å². The Hall–Kier alpha value is -0.630. The minimum Gasteiger partial charge on any atom is -0.266 e. The van der Waals surface area contributed by atoms with E-state index in [1.165, 1.54) is 6.20 Å². The summed E-state index contributed by atoms with van der Waals surface area (Å²) in [5.41, 5.74) is 0. The molecule has 0 aliphatic heterocycles. The molecule has 0 bridgehead atoms. The molecule has 0 heterocycles. The lowest BCUT2D eigenvalue weighted by Gasteiger charge is -1.79. The Morgan fingerprint density at radius 2 is 2.56 bits per heavy atom. The molecule has 0 N–H and O–H groups in total. The van der Waals surface area contributed by atoms with Gasteiger partial charge in [-0.3, -0.25) is 9.98 Å². The monoisotopic (exact) mass is 152 g/mol. The summed E-state index contributed by atoms with van der Waals surface area (Å²) in [5, 5.41) is 0.319. The zero-order chi connectivity index (χ0) is 7.11. The summed E-state index contributed by atoms with van der Waals surface area (Å²) in [4.78, 5) is 7.23. The van der Waals surface area contributed by atoms with Crippen molar-refractivity contribution in [2.45, 2.75) is 13.3 Å². The molecule has 0 saturated carbocycles. The smallest absolute Gasteiger partial charge is 0.146 e. The van der Waals surface area contributed by atoms with Crippen molar-refractivity contribution in [3.8, 4) is 0 Å². The van der Waals surface area contributed by atoms with E-state index in [2.05, 4.69) is 16.7 Å². The number of aliphatic imine (C=N–C) groups is 2. The molecular formula is C6H17ClN2. The van der Waals surface area contributed by atoms with Crippen LogP contribution in [-0.2, 0) is 0 Å². The minimum absolute atomic E-state index is 0. The van der Waals surface area contributed by atoms with Crippen molar-refractivity contribution in [3.63, 3.8) is 0 Å². The molecule has 0 radical (unpaired) electrons. The van der Waals surface area contributed by atoms with Crippen molar-refractivity contribution in [3.05, 3.63) is 11.4 Å². The lowest BCUT2D eigenvalue weighted by atomic mass is 10.5. The van der Waals surface area contributed by atoms with Crippen molar-refractivity contribution in [1.82, 2.24) is 0 Å². The van der Waals surface area contributed by atoms with Crippen molar-refractivity contribution in [2.24, 2.45) is 9.98 Å². The fourth-order valence-corrected chi connectivity index (χ4v) is 0.317. The van der Waals surface area contributed by atoms with Gasteiger partial charge in [-0.1, -0.05) is 18.5 Å². The van der Waals surface area contributed by atoms with Gasteiger partial charge in [0, 0.05) is 11.9 Å². The molecule has 0 aliphatic rings. The predicted molar refractivity (Wildman–Crippen MR) is 50.7 cm³/mol. The molecule has 0 amide bonds. The first-order chi connectivity index (χ1) is 4.31. The van der Waals surface area contributed by atoms with Crippen LogP contribution in [0.4, 0.5) is 0 Å². The lowest BCUT2D eigenvalue weighted by molar-refractivity contribution is 1.31. The Balaban J connectivity index is -0.0000000533. The zero-order valence-corrected chi connectivity index (χ0v) is 6.10. The van der Waals surface area contributed by atoms with Crippen LogP contribution >= 0.6 is 11.6 Å². The van der Waals surface area contributed by atoms with Gasteiger partial charge in [0.1, 0.15) is 5.16 Å². The largest absolute Gasteiger partial charge is 0.266 e. The van der Waals surface area contributed by atoms with Crippen molar-refractivity contribution < 1.29 is 5.71 Å². The van der Waals surface area contributed by atoms with Crippen LogP contribution in [0.25, 0.3) is 0 Å². The standard InChI is InChI=1S/C6H9ClN2.4H2/c1-3-4-9-5-6(7)8-2;;;;/h4-5H,2-3H2,1H3;4*1H/b6-5-,9-4?;;;;. The summed E-state index contributed by atoms with van der Waals surface area (Å²) < 4.78 is 0. The highest BCUT2D eigenvalue weighted by Gasteiger charge is 1.76. The molecule has 0 aromatic heterocycles. The van der Waals surface area contributed by atoms with Crippen LogP contribution in [0.1, 0.15) is 19.1 Å². The molecule has 2 nitrogen and oxygen atoms in total. The highest BCUT2D eigenvalue weighted by atomic mass is 35.5. The fourth-order valence-electron chi connectivity index (χ4n) is 0.260. The van der Waals surface area contributed by atoms with E-state index in [4.69, 9.17) is 11.6 Å². The van der Waals surface area contributed by atoms with Gasteiger partial charge in [-0.25, -0.2) is 0 Å². The third kappa shape index (κ3) is 5.24. The summed E-state index contributed by atoms with van der Waals surface area (Å²) >= 11 is 5.42. The van der Waals surface area contributed by atoms with Crippen LogP contribution in [-0.4, -0.2) is 12.9 Å². The second kappa shape index (κ2) is 5.51. The van der Waals surface area contributed by atoms with Crippen LogP contribution in [0.5, 0.6) is 0 Å². The normalized spacial score (nSPS) is 12.4. The van der Waals surface area contributed by atoms with Gasteiger partial charge in [0.2, 0.25) is 0 Å². The van der Waals surface area contributed by atoms with E-state index < -0.39 is 0 Å². The molecule has 0 aliphatic carbocycles. The van der Waals surface area contributed by atoms with E-state index in [1.807, 2.05) is 6.92 Å². The highest BCUT2D eigenvalue weighted by molar-refractivity contribution is 6.29. The Morgan fingerprint density at radius 1 is 1.89 bits per heavy atom. The quantitative estimate of drug-likeness (QED) is 0.439. The first kappa shape index (κ1) is 8.37. The number of hydrogen-bond donors (Lipinski definition) is 0. The van der Waals surface area contributed by atoms with E-state index in [0.29, 0.717) is 5.16 Å². The molecule has 0 atom stereocenters. The summed E-state index contributed by atoms with van der Waals surface area (Å²) in [7, 11) is 0. The third-order valence-electron chi connectivity index (χ3n) is 0.620. The first-order valence-electron chi connectivity index (χ1n) is 2.65. The number of hydrogen-bond acceptors (Lipinski definition) is 2. The molecule has 58 valence electrons. The van der Waals surface area contributed by atoms with Gasteiger partial charge in [0.15, 0.2) is 0 Å². The molecule has 0 aromatic carbocycles. The van der Waals surface area contributed by atoms with E-state index in [0.717, 1.165) is 6.42 Å². The molecule has 0 unspecified atom stereocenters. The zero-order valence-electron chi connectivity index (χ0n) is 5.34. The molecule has 0 aromatic rings. The fraction of sp³-hybridized carbons (Fsp3) is 0.333. The Bertz CT molecular complexity index is 150. The first-order valence-corrected chi connectivity index (χ1v) is 3.03. The van der Waals surface area contributed by atoms with Gasteiger partial charge >= 0.3 is 0 Å². The number of halogens is 1. The maximum Gasteiger partial charge on any atom is 0.146 e. The topological polar surface area (TPSA) is 24.7 Å². The molecular weight excluding hydrogens is 136 g/mol. The SMILES string of the molecule is C=N/C(Cl)=C\N=CCC.[HH].[HH].[HH].[HH]. The summed E-state index contributed by atoms with van der Waals surface area (Å²) in [6, 6.07) is 0. The van der Waals surface area contributed by atoms with Crippen LogP contribution < -0.4 is 0 Å². The Morgan fingerprint density at radius 3 is 3.00 bits per heavy atom. The predicted octanol–water partition coefficient (Wildman–Crippen LogP) is 3.19. The Kier molecular flexibility index (Phi) is 5.12. The van der Waals surface area contributed by atoms with Crippen LogP contribution in [0.2, 0.25) is 0 Å². The average Bonchev–Trinajstić information content (AvgIpc) is 1.89. The molecule has 3 heteroatoms. The van der Waals surface area contributed by atoms with Gasteiger partial charge in [-0.15, -0.1) is 0 Å². The second-order valence-corrected chi connectivity index (χ2v) is 1.74. The van der Waals surface area contributed by atoms with E-state index >= 15 is 0 Å². The van der Waals surface area contributed by atoms with Gasteiger partial charge in [0.05, 0.1) is 6.20 Å². The molecule has 0 rings (SSSR count). The molecule has 0 spiro atoms. The summed E-state index contributed by atoms with van der Waals surface area (Å²) in [6.45, 7) is 5.21. The van der Waals surface area contributed by atoms with Gasteiger partial charge < -0.3 is 0 Å². The van der Waals surface area contributed by atoms with E-state index in [-0.39, 0.29) is 5.71 Å². The lowest BCUT2D eigenvalue weighted by Crippen LogP contribution is -1.64. The average molecular weight is 153 g/mol. The third-order valence-corrected chi connectivity index (χ3v) is 0.837. The maximum absolute atomic E-state index is 5.42. The summed E-state index contributed by atoms with van der Waals surface area (Å²) in [6.07, 6.45) is 4.10. The van der Waals surface area contributed by atoms with Crippen LogP contribution in [0.3, 0.4) is 0 Å². The van der Waals surface area contributed by atoms with E-state index in [9.17, 15) is 0 Å². The van der Waals surface area contributed by atoms with Crippen LogP contribution in [0, 0.1) is 0 Å². The van der Waals surface area contributed by atoms with E-state index in [1.54, 1.807) is 6.21 Å². The van der Waals surface area contributed by atoms with Crippen LogP contribution in [0.15, 0.2) is 21.3 Å². The highest BCUT2D eigenvalue weighted by Crippen LogP contribution is 1.99. The molecule has 0 fully saturated rings. The van der Waals surface area contributed by atoms with Gasteiger partial charge in [0.25, 0.3) is 0 Å². The molecule has 9 heavy (non-hydrogen) atoms. The van der Waals surface area contributed by atoms with Crippen molar-refractivity contribution >= 4 is 24.5 Å². The maximum atomic E-state index is 5.42. The number of nitrogens with zero attached hydrogens (tertiary/aromatic N) is 2. The second-order valence-electron chi connectivity index (χ2n) is 1.35. The molecule has 0 saturated heterocycles. The van der Waals surface area contributed by atoms with Crippen molar-refractivity contribution in [1.29, 1.82) is 0 Å². The number of rotatable bonds is 3.